The summed E-state index contributed by atoms with van der Waals surface area (Å²) in [5.74, 6) is 11.6. The molecule has 16 aliphatic carbocycles. The van der Waals surface area contributed by atoms with Gasteiger partial charge in [0.2, 0.25) is 0 Å². The number of carbonyl (C=O) groups is 4. The van der Waals surface area contributed by atoms with Crippen molar-refractivity contribution in [3.8, 4) is 6.07 Å². The minimum absolute atomic E-state index is 0.000122. The van der Waals surface area contributed by atoms with Crippen LogP contribution in [0.5, 0.6) is 0 Å². The fourth-order valence-electron chi connectivity index (χ4n) is 25.9. The van der Waals surface area contributed by atoms with E-state index in [1.54, 1.807) is 16.7 Å². The molecule has 9 aromatic rings. The van der Waals surface area contributed by atoms with Gasteiger partial charge in [0.25, 0.3) is 33.7 Å². The predicted octanol–water partition coefficient (Wildman–Crippen LogP) is 13.1. The molecule has 16 aliphatic rings. The number of nitriles is 1. The van der Waals surface area contributed by atoms with E-state index in [1.165, 1.54) is 154 Å². The van der Waals surface area contributed by atoms with Gasteiger partial charge >= 0.3 is 0 Å². The minimum Gasteiger partial charge on any atom is -0.350 e. The SMILES string of the molecule is CS(=O)(=O)OCCc1cn2c(C(=O)NCC34CC5CC(CC(C5)C3)C4)cccc2n1.N#CCCc1cn2c(C(=O)NCC34CC5CC(CC(C5)C3)C4)cccc2n1.O=C(NCC12CC3CC(CC(C3)C1)C2)c1cccc2nc(CCc3nn[nH]n3)cn12.O=C(NCC12CC3CC(CC(C3)C1)C2)c1cccc2nc(CCl)cn12. The standard InChI is InChI=1S/C22H27N7O.C22H26N4O.C22H29N3O4S.C20H24ClN3O/c30-21(23-13-22-9-14-6-15(10-22)8-16(7-14)11-22)18-2-1-3-20-24-17(12-29(18)20)4-5-19-25-27-28-26-19;23-6-2-3-18-13-26-19(4-1-5-20(26)25-18)21(27)24-14-22-10-15-7-16(11-22)9-17(8-15)12-22;1-30(27,28)29-6-5-18-13-25-19(3-2-4-20(25)24-18)21(26)23-14-22-10-15-7-16(11-22)9-17(8-15)12-22;21-10-16-11-24-17(2-1-3-18(24)23-16)19(25)22-12-20-7-13-4-14(8-20)6-15(5-13)9-20/h1-3,12,14-16H,4-11,13H2,(H,23,30)(H,25,26,27,28);1,4-5,13,15-17H,2-3,7-12,14H2,(H,24,27);2-4,13,15-17H,5-12,14H2,1H3,(H,23,26);1-3,11,13-15H,4-10,12H2,(H,22,25). The average Bonchev–Trinajstić information content (AvgIpc) is 1.45. The Labute approximate surface area is 659 Å². The van der Waals surface area contributed by atoms with E-state index in [0.29, 0.717) is 99.6 Å². The first kappa shape index (κ1) is 74.8. The van der Waals surface area contributed by atoms with E-state index in [2.05, 4.69) is 67.9 Å². The van der Waals surface area contributed by atoms with E-state index in [1.807, 2.05) is 98.5 Å². The van der Waals surface area contributed by atoms with E-state index in [0.717, 1.165) is 137 Å². The van der Waals surface area contributed by atoms with Gasteiger partial charge in [-0.25, -0.2) is 19.9 Å². The highest BCUT2D eigenvalue weighted by Gasteiger charge is 2.55. The van der Waals surface area contributed by atoms with Crippen LogP contribution in [0.15, 0.2) is 97.6 Å². The van der Waals surface area contributed by atoms with Crippen LogP contribution in [0.25, 0.3) is 22.6 Å². The molecule has 0 saturated heterocycles. The molecule has 25 rings (SSSR count). The summed E-state index contributed by atoms with van der Waals surface area (Å²) in [5, 5.41) is 35.8. The third kappa shape index (κ3) is 16.0. The molecule has 0 atom stereocenters. The van der Waals surface area contributed by atoms with Gasteiger partial charge in [0.1, 0.15) is 45.4 Å². The molecular weight excluding hydrogens is 1450 g/mol. The molecule has 9 aromatic heterocycles. The van der Waals surface area contributed by atoms with Gasteiger partial charge in [-0.3, -0.25) is 41.0 Å². The number of fused-ring (bicyclic) bond motifs is 4. The molecular formula is C86H106ClN17O7S. The number of imidazole rings is 4. The molecule has 112 heavy (non-hydrogen) atoms. The van der Waals surface area contributed by atoms with E-state index in [-0.39, 0.29) is 30.2 Å². The van der Waals surface area contributed by atoms with E-state index >= 15 is 0 Å². The molecule has 9 heterocycles. The molecule has 16 saturated carbocycles. The normalized spacial score (nSPS) is 30.9. The Kier molecular flexibility index (Phi) is 20.5. The van der Waals surface area contributed by atoms with Gasteiger partial charge in [-0.1, -0.05) is 29.5 Å². The second-order valence-corrected chi connectivity index (χ2v) is 39.2. The summed E-state index contributed by atoms with van der Waals surface area (Å²) in [5.41, 5.74) is 10.1. The summed E-state index contributed by atoms with van der Waals surface area (Å²) >= 11 is 5.89. The van der Waals surface area contributed by atoms with E-state index in [4.69, 9.17) is 21.0 Å². The Morgan fingerprint density at radius 3 is 1.01 bits per heavy atom. The van der Waals surface area contributed by atoms with Crippen molar-refractivity contribution in [1.82, 2.24) is 79.4 Å². The topological polar surface area (TPSA) is 307 Å². The Hall–Kier alpha value is -8.60. The van der Waals surface area contributed by atoms with Gasteiger partial charge in [-0.15, -0.1) is 21.8 Å². The van der Waals surface area contributed by atoms with Crippen LogP contribution in [0.2, 0.25) is 0 Å². The van der Waals surface area contributed by atoms with Crippen LogP contribution in [0.1, 0.15) is 231 Å². The fraction of sp³-hybridized carbons (Fsp3) is 0.605. The van der Waals surface area contributed by atoms with Crippen molar-refractivity contribution in [2.24, 2.45) is 92.7 Å². The lowest BCUT2D eigenvalue weighted by Crippen LogP contribution is -2.51. The summed E-state index contributed by atoms with van der Waals surface area (Å²) in [6.45, 7) is 3.24. The molecule has 16 fully saturated rings. The number of pyridine rings is 4. The lowest BCUT2D eigenvalue weighted by Gasteiger charge is -2.56. The molecule has 0 aliphatic heterocycles. The van der Waals surface area contributed by atoms with Crippen LogP contribution in [0.3, 0.4) is 0 Å². The average molecular weight is 1560 g/mol. The van der Waals surface area contributed by atoms with Crippen molar-refractivity contribution in [2.45, 2.75) is 192 Å². The first-order valence-electron chi connectivity index (χ1n) is 41.7. The zero-order valence-electron chi connectivity index (χ0n) is 64.4. The van der Waals surface area contributed by atoms with Crippen molar-refractivity contribution < 1.29 is 31.8 Å². The molecule has 0 unspecified atom stereocenters. The number of amides is 4. The lowest BCUT2D eigenvalue weighted by atomic mass is 9.49. The number of aryl methyl sites for hydroxylation is 3. The predicted molar refractivity (Wildman–Crippen MR) is 422 cm³/mol. The minimum atomic E-state index is -3.47. The number of aromatic nitrogens is 12. The molecule has 24 nitrogen and oxygen atoms in total. The molecule has 0 spiro atoms. The van der Waals surface area contributed by atoms with Crippen molar-refractivity contribution in [3.05, 3.63) is 149 Å². The third-order valence-corrected chi connectivity index (χ3v) is 29.4. The number of carbonyl (C=O) groups excluding carboxylic acids is 4. The maximum Gasteiger partial charge on any atom is 0.268 e. The first-order chi connectivity index (χ1) is 54.2. The third-order valence-electron chi connectivity index (χ3n) is 28.5. The van der Waals surface area contributed by atoms with Gasteiger partial charge in [-0.05, 0) is 302 Å². The Morgan fingerprint density at radius 2 is 0.732 bits per heavy atom. The zero-order chi connectivity index (χ0) is 76.5. The van der Waals surface area contributed by atoms with E-state index in [9.17, 15) is 27.6 Å². The summed E-state index contributed by atoms with van der Waals surface area (Å²) < 4.78 is 34.5. The fourth-order valence-corrected chi connectivity index (χ4v) is 26.4. The Morgan fingerprint density at radius 1 is 0.446 bits per heavy atom. The molecule has 5 N–H and O–H groups in total. The Bertz CT molecular complexity index is 5030. The molecule has 16 bridgehead atoms. The zero-order valence-corrected chi connectivity index (χ0v) is 66.0. The number of hydrogen-bond acceptors (Lipinski definition) is 15. The number of rotatable bonds is 22. The van der Waals surface area contributed by atoms with Crippen LogP contribution in [-0.2, 0) is 45.9 Å². The van der Waals surface area contributed by atoms with Crippen LogP contribution in [-0.4, -0.2) is 129 Å². The summed E-state index contributed by atoms with van der Waals surface area (Å²) in [4.78, 5) is 70.1. The van der Waals surface area contributed by atoms with Crippen LogP contribution in [0.4, 0.5) is 0 Å². The number of nitrogens with zero attached hydrogens (tertiary/aromatic N) is 12. The van der Waals surface area contributed by atoms with Crippen LogP contribution < -0.4 is 21.3 Å². The monoisotopic (exact) mass is 1560 g/mol. The summed E-state index contributed by atoms with van der Waals surface area (Å²) in [7, 11) is -3.47. The highest BCUT2D eigenvalue weighted by atomic mass is 35.5. The van der Waals surface area contributed by atoms with Crippen molar-refractivity contribution >= 4 is 67.9 Å². The van der Waals surface area contributed by atoms with E-state index < -0.39 is 10.1 Å². The van der Waals surface area contributed by atoms with Gasteiger partial charge in [0.05, 0.1) is 47.6 Å². The Balaban J connectivity index is 0.000000105. The van der Waals surface area contributed by atoms with Gasteiger partial charge in [0.15, 0.2) is 5.82 Å². The lowest BCUT2D eigenvalue weighted by molar-refractivity contribution is -0.0504. The molecule has 26 heteroatoms. The maximum atomic E-state index is 13.1. The number of hydrogen-bond donors (Lipinski definition) is 5. The molecule has 590 valence electrons. The van der Waals surface area contributed by atoms with Crippen LogP contribution >= 0.6 is 11.6 Å². The molecule has 0 aromatic carbocycles. The smallest absolute Gasteiger partial charge is 0.268 e. The quantitative estimate of drug-likeness (QED) is 0.0311. The molecule has 0 radical (unpaired) electrons. The first-order valence-corrected chi connectivity index (χ1v) is 44.1. The van der Waals surface area contributed by atoms with Crippen LogP contribution in [0, 0.1) is 104 Å². The van der Waals surface area contributed by atoms with Crippen molar-refractivity contribution in [2.75, 3.05) is 39.0 Å². The van der Waals surface area contributed by atoms with Gasteiger partial charge in [-0.2, -0.15) is 18.9 Å². The number of halogens is 1. The largest absolute Gasteiger partial charge is 0.350 e. The second-order valence-electron chi connectivity index (χ2n) is 37.3. The number of H-pyrrole nitrogens is 1. The number of nitrogens with one attached hydrogen (secondary N) is 5. The summed E-state index contributed by atoms with van der Waals surface area (Å²) in [6, 6.07) is 24.7. The summed E-state index contributed by atoms with van der Waals surface area (Å²) in [6.07, 6.45) is 43.9. The number of tetrazole rings is 1. The highest BCUT2D eigenvalue weighted by molar-refractivity contribution is 7.86. The highest BCUT2D eigenvalue weighted by Crippen LogP contribution is 2.63. The van der Waals surface area contributed by atoms with Crippen molar-refractivity contribution in [3.63, 3.8) is 0 Å². The van der Waals surface area contributed by atoms with Crippen molar-refractivity contribution in [1.29, 1.82) is 5.26 Å². The van der Waals surface area contributed by atoms with Gasteiger partial charge in [0, 0.05) is 76.6 Å². The number of aromatic amines is 1. The maximum absolute atomic E-state index is 13.1. The second kappa shape index (κ2) is 30.6. The molecule has 4 amide bonds. The number of alkyl halides is 1. The van der Waals surface area contributed by atoms with Gasteiger partial charge < -0.3 is 21.3 Å².